The minimum atomic E-state index is -4.21. The van der Waals surface area contributed by atoms with E-state index in [2.05, 4.69) is 60.7 Å². The van der Waals surface area contributed by atoms with Gasteiger partial charge in [0.25, 0.3) is 0 Å². The zero-order chi connectivity index (χ0) is 45.7. The fourth-order valence-electron chi connectivity index (χ4n) is 16.9. The Kier molecular flexibility index (Phi) is 5.02. The molecule has 324 valence electrons. The van der Waals surface area contributed by atoms with Crippen LogP contribution in [0.3, 0.4) is 0 Å². The Labute approximate surface area is 381 Å². The second-order valence-corrected chi connectivity index (χ2v) is 20.4. The van der Waals surface area contributed by atoms with Gasteiger partial charge in [-0.3, -0.25) is 0 Å². The summed E-state index contributed by atoms with van der Waals surface area (Å²) in [6.07, 6.45) is -3.78. The van der Waals surface area contributed by atoms with E-state index in [0.717, 1.165) is 32.7 Å². The van der Waals surface area contributed by atoms with Gasteiger partial charge in [-0.15, -0.1) is 0 Å². The van der Waals surface area contributed by atoms with Gasteiger partial charge in [-0.25, -0.2) is 9.59 Å². The first-order valence-electron chi connectivity index (χ1n) is 23.0. The molecule has 1 fully saturated rings. The summed E-state index contributed by atoms with van der Waals surface area (Å²) in [6.45, 7) is -2.99. The molecule has 6 nitrogen and oxygen atoms in total. The number of aliphatic hydroxyl groups is 2. The highest BCUT2D eigenvalue weighted by molar-refractivity contribution is 6.64. The lowest BCUT2D eigenvalue weighted by Crippen LogP contribution is -2.27. The molecule has 1 saturated carbocycles. The molecule has 2 unspecified atom stereocenters. The molecular formula is C59H24F4O6. The van der Waals surface area contributed by atoms with E-state index >= 15 is 0 Å². The molecule has 0 bridgehead atoms. The zero-order valence-electron chi connectivity index (χ0n) is 35.3. The Morgan fingerprint density at radius 3 is 1.04 bits per heavy atom. The third kappa shape index (κ3) is 3.04. The number of ether oxygens (including phenoxy) is 2. The lowest BCUT2D eigenvalue weighted by molar-refractivity contribution is -0.222. The van der Waals surface area contributed by atoms with Crippen molar-refractivity contribution >= 4 is 142 Å². The van der Waals surface area contributed by atoms with E-state index < -0.39 is 53.6 Å². The summed E-state index contributed by atoms with van der Waals surface area (Å²) in [5.74, 6) is -2.03. The van der Waals surface area contributed by atoms with Gasteiger partial charge in [0.05, 0.1) is 27.4 Å². The minimum Gasteiger partial charge on any atom is -0.453 e. The van der Waals surface area contributed by atoms with Gasteiger partial charge in [0, 0.05) is 0 Å². The van der Waals surface area contributed by atoms with E-state index in [1.165, 1.54) is 130 Å². The van der Waals surface area contributed by atoms with Gasteiger partial charge in [0.1, 0.15) is 0 Å². The van der Waals surface area contributed by atoms with Crippen LogP contribution in [0.5, 0.6) is 0 Å². The van der Waals surface area contributed by atoms with E-state index in [9.17, 15) is 27.2 Å². The molecule has 0 heterocycles. The van der Waals surface area contributed by atoms with Gasteiger partial charge >= 0.3 is 24.2 Å². The molecule has 69 heavy (non-hydrogen) atoms. The Bertz CT molecular complexity index is 4690. The van der Waals surface area contributed by atoms with Crippen LogP contribution in [-0.2, 0) is 25.7 Å². The standard InChI is InChI=1S/C59H24F4O6/c60-55(61,66)19-68-53(64)21-1-5-23(6-2-21)57(24-7-3-22(4-8-24)54(65)69-20-56(62,63)67)58-33-17-18-34-32-16-14-30-28-12-10-26-25-9-11-27-29-13-15-31(33)41-39(29)44-37(27)35(25)43-36(26)38(28)45-40(30)42(32)52(59(34,57)58)50-48(45)46(43)47(44)49(50)51(41)58/h1-18,66-67H,19-20H2. The molecule has 0 saturated heterocycles. The molecular weight excluding hydrogens is 881 g/mol. The molecule has 14 aromatic carbocycles. The summed E-state index contributed by atoms with van der Waals surface area (Å²) in [6, 6.07) is 32.5. The number of fused-ring (bicyclic) bond motifs is 3. The number of carbonyl (C=O) groups excluding carboxylic acids is 2. The van der Waals surface area contributed by atoms with Crippen LogP contribution in [0, 0.1) is 0 Å². The normalized spacial score (nSPS) is 21.0. The van der Waals surface area contributed by atoms with Crippen LogP contribution in [0.25, 0.3) is 130 Å². The van der Waals surface area contributed by atoms with E-state index in [4.69, 9.17) is 19.7 Å². The molecule has 19 rings (SSSR count). The average Bonchev–Trinajstić information content (AvgIpc) is 3.98. The SMILES string of the molecule is O=C(OCC(O)(F)F)c1ccc(C2(c3ccc(C(=O)OCC(O)(F)F)cc3)C34C5=c6ccc7c8ccc9c%10ccc%11c%12ccc%13c%14c(c%15c%16c3c6c7c3c8c9c6c%10c%11c(c%14%12)c%15c6c%163)C42C=%13C=C5)cc1. The molecule has 0 radical (unpaired) electrons. The topological polar surface area (TPSA) is 93.1 Å². The number of alkyl halides is 4. The summed E-state index contributed by atoms with van der Waals surface area (Å²) < 4.78 is 63.9. The van der Waals surface area contributed by atoms with Gasteiger partial charge in [0.15, 0.2) is 13.2 Å². The summed E-state index contributed by atoms with van der Waals surface area (Å²) in [5.41, 5.74) is 3.92. The third-order valence-corrected chi connectivity index (χ3v) is 18.2. The molecule has 0 aliphatic heterocycles. The van der Waals surface area contributed by atoms with Crippen molar-refractivity contribution in [2.45, 2.75) is 28.5 Å². The Morgan fingerprint density at radius 2 is 0.696 bits per heavy atom. The second kappa shape index (κ2) is 9.83. The minimum absolute atomic E-state index is 0.0241. The lowest BCUT2D eigenvalue weighted by atomic mass is 9.68. The first-order chi connectivity index (χ1) is 33.3. The van der Waals surface area contributed by atoms with E-state index in [1.54, 1.807) is 24.3 Å². The molecule has 2 atom stereocenters. The largest absolute Gasteiger partial charge is 0.453 e. The highest BCUT2D eigenvalue weighted by Crippen LogP contribution is 2.93. The van der Waals surface area contributed by atoms with Crippen LogP contribution in [0.4, 0.5) is 17.6 Å². The molecule has 2 spiro atoms. The summed E-state index contributed by atoms with van der Waals surface area (Å²) in [7, 11) is 0. The maximum atomic E-state index is 13.5. The van der Waals surface area contributed by atoms with E-state index in [1.807, 2.05) is 24.3 Å². The van der Waals surface area contributed by atoms with Crippen LogP contribution in [0.15, 0.2) is 109 Å². The predicted octanol–water partition coefficient (Wildman–Crippen LogP) is 10.7. The summed E-state index contributed by atoms with van der Waals surface area (Å²) >= 11 is 0. The molecule has 5 aliphatic rings. The van der Waals surface area contributed by atoms with Crippen LogP contribution in [0.2, 0.25) is 0 Å². The number of hydrogen-bond acceptors (Lipinski definition) is 6. The van der Waals surface area contributed by atoms with Crippen molar-refractivity contribution in [1.29, 1.82) is 0 Å². The maximum Gasteiger partial charge on any atom is 0.387 e. The number of rotatable bonds is 8. The van der Waals surface area contributed by atoms with E-state index in [-0.39, 0.29) is 11.1 Å². The number of benzene rings is 10. The zero-order valence-corrected chi connectivity index (χ0v) is 35.3. The van der Waals surface area contributed by atoms with Gasteiger partial charge in [-0.1, -0.05) is 84.9 Å². The summed E-state index contributed by atoms with van der Waals surface area (Å²) in [4.78, 5) is 26.7. The van der Waals surface area contributed by atoms with Crippen molar-refractivity contribution in [1.82, 2.24) is 0 Å². The fraction of sp³-hybridized carbons (Fsp3) is 0.119. The first kappa shape index (κ1) is 35.3. The van der Waals surface area contributed by atoms with Crippen LogP contribution >= 0.6 is 0 Å². The number of halogens is 4. The summed E-state index contributed by atoms with van der Waals surface area (Å²) in [5, 5.41) is 48.8. The fourth-order valence-corrected chi connectivity index (χ4v) is 16.9. The van der Waals surface area contributed by atoms with Crippen LogP contribution < -0.4 is 10.4 Å². The third-order valence-electron chi connectivity index (χ3n) is 18.2. The number of allylic oxidation sites excluding steroid dienone is 2. The molecule has 2 N–H and O–H groups in total. The van der Waals surface area contributed by atoms with Crippen molar-refractivity contribution in [3.8, 4) is 0 Å². The van der Waals surface area contributed by atoms with Crippen molar-refractivity contribution in [2.24, 2.45) is 0 Å². The van der Waals surface area contributed by atoms with Gasteiger partial charge in [-0.2, -0.15) is 17.6 Å². The maximum absolute atomic E-state index is 13.5. The number of hydrogen-bond donors (Lipinski definition) is 2. The Morgan fingerprint density at radius 1 is 0.391 bits per heavy atom. The predicted molar refractivity (Wildman–Crippen MR) is 256 cm³/mol. The van der Waals surface area contributed by atoms with Gasteiger partial charge < -0.3 is 19.7 Å². The molecule has 0 aromatic heterocycles. The van der Waals surface area contributed by atoms with Crippen molar-refractivity contribution in [3.05, 3.63) is 153 Å². The van der Waals surface area contributed by atoms with Crippen LogP contribution in [0.1, 0.15) is 43.0 Å². The Balaban J connectivity index is 1.03. The lowest BCUT2D eigenvalue weighted by Gasteiger charge is -2.32. The van der Waals surface area contributed by atoms with Crippen molar-refractivity contribution < 1.29 is 46.8 Å². The highest BCUT2D eigenvalue weighted by Gasteiger charge is 2.94. The molecule has 14 aromatic rings. The smallest absolute Gasteiger partial charge is 0.387 e. The second-order valence-electron chi connectivity index (χ2n) is 20.4. The van der Waals surface area contributed by atoms with Crippen molar-refractivity contribution in [2.75, 3.05) is 13.2 Å². The van der Waals surface area contributed by atoms with Crippen LogP contribution in [-0.4, -0.2) is 47.6 Å². The number of carbonyl (C=O) groups is 2. The van der Waals surface area contributed by atoms with E-state index in [0.29, 0.717) is 0 Å². The quantitative estimate of drug-likeness (QED) is 0.0896. The average molecular weight is 905 g/mol. The van der Waals surface area contributed by atoms with Gasteiger partial charge in [0.2, 0.25) is 0 Å². The number of esters is 2. The van der Waals surface area contributed by atoms with Crippen molar-refractivity contribution in [3.63, 3.8) is 0 Å². The molecule has 5 aliphatic carbocycles. The van der Waals surface area contributed by atoms with Gasteiger partial charge in [-0.05, 0) is 187 Å². The molecule has 0 amide bonds. The first-order valence-corrected chi connectivity index (χ1v) is 23.0. The Hall–Kier alpha value is -7.92. The monoisotopic (exact) mass is 904 g/mol. The highest BCUT2D eigenvalue weighted by atomic mass is 19.3. The molecule has 10 heteroatoms.